The first kappa shape index (κ1) is 13.9. The van der Waals surface area contributed by atoms with Crippen molar-refractivity contribution in [3.63, 3.8) is 0 Å². The van der Waals surface area contributed by atoms with Gasteiger partial charge in [0, 0.05) is 32.3 Å². The number of sulfonamides is 1. The Morgan fingerprint density at radius 3 is 2.44 bits per heavy atom. The van der Waals surface area contributed by atoms with E-state index in [9.17, 15) is 8.42 Å². The molecule has 0 bridgehead atoms. The number of rotatable bonds is 6. The molecule has 1 saturated heterocycles. The molecule has 2 N–H and O–H groups in total. The lowest BCUT2D eigenvalue weighted by Crippen LogP contribution is -2.71. The molecule has 96 valence electrons. The molecule has 6 heteroatoms. The van der Waals surface area contributed by atoms with Gasteiger partial charge in [-0.25, -0.2) is 8.42 Å². The number of nitrogens with two attached hydrogens (primary N) is 1. The van der Waals surface area contributed by atoms with Gasteiger partial charge in [0.05, 0.1) is 5.75 Å². The molecule has 0 saturated carbocycles. The van der Waals surface area contributed by atoms with Crippen LogP contribution < -0.4 is 5.73 Å². The number of ether oxygens (including phenoxy) is 1. The summed E-state index contributed by atoms with van der Waals surface area (Å²) >= 11 is 0. The van der Waals surface area contributed by atoms with Gasteiger partial charge in [-0.05, 0) is 12.3 Å². The van der Waals surface area contributed by atoms with Crippen molar-refractivity contribution >= 4 is 10.0 Å². The summed E-state index contributed by atoms with van der Waals surface area (Å²) < 4.78 is 29.9. The molecule has 0 aromatic rings. The van der Waals surface area contributed by atoms with E-state index in [1.165, 1.54) is 4.31 Å². The van der Waals surface area contributed by atoms with Crippen LogP contribution in [0, 0.1) is 5.92 Å². The largest absolute Gasteiger partial charge is 0.385 e. The fourth-order valence-corrected chi connectivity index (χ4v) is 3.30. The van der Waals surface area contributed by atoms with Gasteiger partial charge in [-0.1, -0.05) is 13.8 Å². The summed E-state index contributed by atoms with van der Waals surface area (Å²) in [4.78, 5) is 0. The van der Waals surface area contributed by atoms with E-state index >= 15 is 0 Å². The van der Waals surface area contributed by atoms with Crippen LogP contribution in [-0.4, -0.2) is 50.8 Å². The molecule has 1 fully saturated rings. The molecule has 0 amide bonds. The van der Waals surface area contributed by atoms with Crippen molar-refractivity contribution in [1.29, 1.82) is 0 Å². The Morgan fingerprint density at radius 2 is 2.00 bits per heavy atom. The Balaban J connectivity index is 2.44. The van der Waals surface area contributed by atoms with E-state index in [1.807, 2.05) is 13.8 Å². The second kappa shape index (κ2) is 5.00. The van der Waals surface area contributed by atoms with Crippen LogP contribution in [-0.2, 0) is 14.8 Å². The maximum atomic E-state index is 11.8. The molecule has 16 heavy (non-hydrogen) atoms. The third kappa shape index (κ3) is 2.94. The molecule has 1 aliphatic rings. The van der Waals surface area contributed by atoms with Crippen molar-refractivity contribution in [1.82, 2.24) is 4.31 Å². The third-order valence-electron chi connectivity index (χ3n) is 3.24. The molecule has 1 aliphatic heterocycles. The van der Waals surface area contributed by atoms with Gasteiger partial charge in [-0.2, -0.15) is 4.31 Å². The summed E-state index contributed by atoms with van der Waals surface area (Å²) in [6.07, 6.45) is 0.536. The zero-order valence-corrected chi connectivity index (χ0v) is 11.1. The second-order valence-electron chi connectivity index (χ2n) is 4.82. The highest BCUT2D eigenvalue weighted by Gasteiger charge is 2.46. The summed E-state index contributed by atoms with van der Waals surface area (Å²) in [5, 5.41) is 0. The highest BCUT2D eigenvalue weighted by Crippen LogP contribution is 2.28. The van der Waals surface area contributed by atoms with E-state index in [-0.39, 0.29) is 11.3 Å². The topological polar surface area (TPSA) is 72.6 Å². The predicted molar refractivity (Wildman–Crippen MR) is 63.6 cm³/mol. The van der Waals surface area contributed by atoms with Gasteiger partial charge in [0.15, 0.2) is 0 Å². The van der Waals surface area contributed by atoms with Crippen molar-refractivity contribution in [3.05, 3.63) is 0 Å². The summed E-state index contributed by atoms with van der Waals surface area (Å²) in [7, 11) is -1.56. The molecule has 0 aliphatic carbocycles. The number of methoxy groups -OCH3 is 1. The first-order chi connectivity index (χ1) is 7.32. The van der Waals surface area contributed by atoms with Crippen LogP contribution in [0.2, 0.25) is 0 Å². The molecular weight excluding hydrogens is 228 g/mol. The summed E-state index contributed by atoms with van der Waals surface area (Å²) in [5.41, 5.74) is 5.72. The Labute approximate surface area is 98.0 Å². The lowest BCUT2D eigenvalue weighted by atomic mass is 9.82. The van der Waals surface area contributed by atoms with E-state index in [1.54, 1.807) is 7.11 Å². The fourth-order valence-electron chi connectivity index (χ4n) is 1.69. The van der Waals surface area contributed by atoms with E-state index in [4.69, 9.17) is 10.5 Å². The summed E-state index contributed by atoms with van der Waals surface area (Å²) in [5.74, 6) is 0.451. The molecule has 5 nitrogen and oxygen atoms in total. The van der Waals surface area contributed by atoms with Crippen LogP contribution in [0.25, 0.3) is 0 Å². The van der Waals surface area contributed by atoms with Gasteiger partial charge < -0.3 is 10.5 Å². The van der Waals surface area contributed by atoms with Crippen molar-refractivity contribution in [2.75, 3.05) is 32.6 Å². The first-order valence-electron chi connectivity index (χ1n) is 5.57. The van der Waals surface area contributed by atoms with Gasteiger partial charge >= 0.3 is 0 Å². The van der Waals surface area contributed by atoms with Crippen LogP contribution in [0.3, 0.4) is 0 Å². The lowest BCUT2D eigenvalue weighted by Gasteiger charge is -2.49. The van der Waals surface area contributed by atoms with Crippen LogP contribution in [0.15, 0.2) is 0 Å². The highest BCUT2D eigenvalue weighted by molar-refractivity contribution is 7.89. The predicted octanol–water partition coefficient (Wildman–Crippen LogP) is 0.0218. The van der Waals surface area contributed by atoms with E-state index in [0.29, 0.717) is 32.0 Å². The zero-order chi connectivity index (χ0) is 12.4. The average molecular weight is 250 g/mol. The van der Waals surface area contributed by atoms with Crippen LogP contribution in [0.1, 0.15) is 20.3 Å². The highest BCUT2D eigenvalue weighted by atomic mass is 32.2. The van der Waals surface area contributed by atoms with Crippen molar-refractivity contribution in [2.24, 2.45) is 11.7 Å². The SMILES string of the molecule is COCCCS(=O)(=O)N1CC(N)(C(C)C)C1. The Morgan fingerprint density at radius 1 is 1.44 bits per heavy atom. The molecule has 0 unspecified atom stereocenters. The minimum Gasteiger partial charge on any atom is -0.385 e. The van der Waals surface area contributed by atoms with E-state index in [0.717, 1.165) is 0 Å². The number of hydrogen-bond donors (Lipinski definition) is 1. The van der Waals surface area contributed by atoms with Gasteiger partial charge in [0.25, 0.3) is 0 Å². The molecule has 1 heterocycles. The summed E-state index contributed by atoms with van der Waals surface area (Å²) in [6.45, 7) is 5.41. The first-order valence-corrected chi connectivity index (χ1v) is 7.18. The second-order valence-corrected chi connectivity index (χ2v) is 6.91. The molecule has 0 aromatic heterocycles. The van der Waals surface area contributed by atoms with E-state index < -0.39 is 10.0 Å². The Bertz CT molecular complexity index is 321. The van der Waals surface area contributed by atoms with Gasteiger partial charge in [-0.3, -0.25) is 0 Å². The molecular formula is C10H22N2O3S. The van der Waals surface area contributed by atoms with Crippen molar-refractivity contribution in [2.45, 2.75) is 25.8 Å². The summed E-state index contributed by atoms with van der Waals surface area (Å²) in [6, 6.07) is 0. The monoisotopic (exact) mass is 250 g/mol. The van der Waals surface area contributed by atoms with Gasteiger partial charge in [-0.15, -0.1) is 0 Å². The molecule has 0 radical (unpaired) electrons. The normalized spacial score (nSPS) is 21.1. The quantitative estimate of drug-likeness (QED) is 0.675. The van der Waals surface area contributed by atoms with Crippen LogP contribution in [0.5, 0.6) is 0 Å². The zero-order valence-electron chi connectivity index (χ0n) is 10.3. The standard InChI is InChI=1S/C10H22N2O3S/c1-9(2)10(11)7-12(8-10)16(13,14)6-4-5-15-3/h9H,4-8,11H2,1-3H3. The Kier molecular flexibility index (Phi) is 4.34. The van der Waals surface area contributed by atoms with E-state index in [2.05, 4.69) is 0 Å². The Hall–Kier alpha value is -0.170. The smallest absolute Gasteiger partial charge is 0.214 e. The third-order valence-corrected chi connectivity index (χ3v) is 5.09. The lowest BCUT2D eigenvalue weighted by molar-refractivity contribution is 0.110. The van der Waals surface area contributed by atoms with Crippen molar-refractivity contribution < 1.29 is 13.2 Å². The maximum absolute atomic E-state index is 11.8. The van der Waals surface area contributed by atoms with Crippen molar-refractivity contribution in [3.8, 4) is 0 Å². The molecule has 0 aromatic carbocycles. The molecule has 0 spiro atoms. The molecule has 0 atom stereocenters. The minimum absolute atomic E-state index is 0.148. The van der Waals surface area contributed by atoms with Gasteiger partial charge in [0.2, 0.25) is 10.0 Å². The average Bonchev–Trinajstić information content (AvgIpc) is 2.12. The van der Waals surface area contributed by atoms with Crippen LogP contribution in [0.4, 0.5) is 0 Å². The minimum atomic E-state index is -3.13. The number of hydrogen-bond acceptors (Lipinski definition) is 4. The fraction of sp³-hybridized carbons (Fsp3) is 1.00. The van der Waals surface area contributed by atoms with Gasteiger partial charge in [0.1, 0.15) is 0 Å². The maximum Gasteiger partial charge on any atom is 0.214 e. The molecule has 1 rings (SSSR count). The van der Waals surface area contributed by atoms with Crippen LogP contribution >= 0.6 is 0 Å². The number of nitrogens with zero attached hydrogens (tertiary/aromatic N) is 1.